The first-order valence-electron chi connectivity index (χ1n) is 12.1. The highest BCUT2D eigenvalue weighted by molar-refractivity contribution is 5.95. The van der Waals surface area contributed by atoms with Crippen LogP contribution in [0.25, 0.3) is 0 Å². The van der Waals surface area contributed by atoms with E-state index in [9.17, 15) is 35.4 Å². The van der Waals surface area contributed by atoms with Gasteiger partial charge in [0.2, 0.25) is 0 Å². The molecule has 32 heavy (non-hydrogen) atoms. The van der Waals surface area contributed by atoms with Gasteiger partial charge < -0.3 is 30.6 Å². The van der Waals surface area contributed by atoms with Crippen LogP contribution in [0, 0.1) is 22.7 Å². The molecule has 0 aliphatic heterocycles. The summed E-state index contributed by atoms with van der Waals surface area (Å²) in [5.74, 6) is -0.679. The number of aliphatic hydroxyl groups is 6. The number of carbonyl (C=O) groups is 1. The second-order valence-corrected chi connectivity index (χ2v) is 12.2. The van der Waals surface area contributed by atoms with Crippen LogP contribution in [-0.4, -0.2) is 71.5 Å². The van der Waals surface area contributed by atoms with Gasteiger partial charge >= 0.3 is 0 Å². The number of ketones is 1. The molecule has 0 aromatic rings. The number of carbonyl (C=O) groups excluding carboxylic acids is 1. The van der Waals surface area contributed by atoms with Gasteiger partial charge in [-0.3, -0.25) is 4.79 Å². The molecule has 7 nitrogen and oxygen atoms in total. The lowest BCUT2D eigenvalue weighted by atomic mass is 9.45. The first kappa shape index (κ1) is 24.3. The fourth-order valence-corrected chi connectivity index (χ4v) is 7.69. The van der Waals surface area contributed by atoms with Gasteiger partial charge in [-0.1, -0.05) is 13.8 Å². The average Bonchev–Trinajstić information content (AvgIpc) is 2.90. The van der Waals surface area contributed by atoms with Crippen molar-refractivity contribution in [2.75, 3.05) is 0 Å². The molecule has 9 atom stereocenters. The van der Waals surface area contributed by atoms with Gasteiger partial charge in [-0.05, 0) is 88.2 Å². The summed E-state index contributed by atoms with van der Waals surface area (Å²) in [6.07, 6.45) is 1.14. The molecule has 4 aliphatic carbocycles. The summed E-state index contributed by atoms with van der Waals surface area (Å²) in [6, 6.07) is 0. The molecule has 0 saturated heterocycles. The molecule has 0 radical (unpaired) electrons. The molecule has 0 aromatic heterocycles. The van der Waals surface area contributed by atoms with Crippen molar-refractivity contribution in [2.24, 2.45) is 22.7 Å². The van der Waals surface area contributed by atoms with Crippen molar-refractivity contribution in [3.63, 3.8) is 0 Å². The normalized spacial score (nSPS) is 49.7. The zero-order valence-corrected chi connectivity index (χ0v) is 19.7. The highest BCUT2D eigenvalue weighted by Crippen LogP contribution is 2.68. The molecule has 7 heteroatoms. The van der Waals surface area contributed by atoms with E-state index in [0.717, 1.165) is 0 Å². The largest absolute Gasteiger partial charge is 0.390 e. The number of aliphatic hydroxyl groups excluding tert-OH is 3. The van der Waals surface area contributed by atoms with Crippen molar-refractivity contribution >= 4 is 5.78 Å². The Morgan fingerprint density at radius 1 is 1.09 bits per heavy atom. The molecule has 0 spiro atoms. The summed E-state index contributed by atoms with van der Waals surface area (Å²) < 4.78 is 0. The van der Waals surface area contributed by atoms with E-state index < -0.39 is 51.9 Å². The van der Waals surface area contributed by atoms with E-state index in [4.69, 9.17) is 0 Å². The topological polar surface area (TPSA) is 138 Å². The minimum Gasteiger partial charge on any atom is -0.390 e. The highest BCUT2D eigenvalue weighted by Gasteiger charge is 2.72. The van der Waals surface area contributed by atoms with Crippen LogP contribution in [0.4, 0.5) is 0 Å². The molecular formula is C25H40O7. The van der Waals surface area contributed by atoms with Crippen LogP contribution < -0.4 is 0 Å². The lowest BCUT2D eigenvalue weighted by molar-refractivity contribution is -0.202. The summed E-state index contributed by atoms with van der Waals surface area (Å²) in [6.45, 7) is 7.11. The number of fused-ring (bicyclic) bond motifs is 5. The van der Waals surface area contributed by atoms with Gasteiger partial charge in [0, 0.05) is 11.3 Å². The standard InChI is InChI=1S/C25H40O7/c1-21(2,30)7-6-20(29)25(32)10-9-24(31)15-11-17(26)16-12-18(27)19(28)13-22(16,3)14(15)5-8-23(24,25)4/h11,14,16,18-20,27-32H,5-10,12-13H2,1-4H3. The Morgan fingerprint density at radius 2 is 1.75 bits per heavy atom. The minimum atomic E-state index is -1.54. The Kier molecular flexibility index (Phi) is 5.57. The number of allylic oxidation sites excluding steroid dienone is 1. The maximum Gasteiger partial charge on any atom is 0.159 e. The maximum absolute atomic E-state index is 13.2. The molecular weight excluding hydrogens is 412 g/mol. The second-order valence-electron chi connectivity index (χ2n) is 12.2. The van der Waals surface area contributed by atoms with Crippen molar-refractivity contribution in [3.8, 4) is 0 Å². The Bertz CT molecular complexity index is 818. The number of hydrogen-bond acceptors (Lipinski definition) is 7. The smallest absolute Gasteiger partial charge is 0.159 e. The third-order valence-electron chi connectivity index (χ3n) is 9.91. The van der Waals surface area contributed by atoms with Gasteiger partial charge in [0.25, 0.3) is 0 Å². The van der Waals surface area contributed by atoms with Crippen LogP contribution in [0.15, 0.2) is 11.6 Å². The van der Waals surface area contributed by atoms with E-state index in [1.165, 1.54) is 6.08 Å². The molecule has 0 heterocycles. The zero-order valence-electron chi connectivity index (χ0n) is 19.7. The van der Waals surface area contributed by atoms with E-state index in [2.05, 4.69) is 0 Å². The number of rotatable bonds is 4. The Labute approximate surface area is 190 Å². The van der Waals surface area contributed by atoms with Crippen LogP contribution in [0.5, 0.6) is 0 Å². The van der Waals surface area contributed by atoms with Crippen molar-refractivity contribution in [3.05, 3.63) is 11.6 Å². The Morgan fingerprint density at radius 3 is 2.38 bits per heavy atom. The summed E-state index contributed by atoms with van der Waals surface area (Å²) in [5.41, 5.74) is -4.95. The first-order chi connectivity index (χ1) is 14.6. The molecule has 3 saturated carbocycles. The monoisotopic (exact) mass is 452 g/mol. The Balaban J connectivity index is 1.70. The summed E-state index contributed by atoms with van der Waals surface area (Å²) in [4.78, 5) is 13.2. The van der Waals surface area contributed by atoms with E-state index in [1.807, 2.05) is 13.8 Å². The van der Waals surface area contributed by atoms with Crippen LogP contribution in [0.1, 0.15) is 79.1 Å². The van der Waals surface area contributed by atoms with Crippen LogP contribution in [-0.2, 0) is 4.79 Å². The quantitative estimate of drug-likeness (QED) is 0.377. The predicted molar refractivity (Wildman–Crippen MR) is 117 cm³/mol. The van der Waals surface area contributed by atoms with Crippen molar-refractivity contribution in [1.29, 1.82) is 0 Å². The van der Waals surface area contributed by atoms with Crippen LogP contribution >= 0.6 is 0 Å². The molecule has 182 valence electrons. The van der Waals surface area contributed by atoms with E-state index in [1.54, 1.807) is 13.8 Å². The van der Waals surface area contributed by atoms with Crippen molar-refractivity contribution in [2.45, 2.75) is 114 Å². The van der Waals surface area contributed by atoms with Gasteiger partial charge in [-0.15, -0.1) is 0 Å². The van der Waals surface area contributed by atoms with Crippen molar-refractivity contribution in [1.82, 2.24) is 0 Å². The summed E-state index contributed by atoms with van der Waals surface area (Å²) >= 11 is 0. The Hall–Kier alpha value is -0.830. The fourth-order valence-electron chi connectivity index (χ4n) is 7.69. The molecule has 6 N–H and O–H groups in total. The van der Waals surface area contributed by atoms with E-state index in [0.29, 0.717) is 24.8 Å². The minimum absolute atomic E-state index is 0.138. The van der Waals surface area contributed by atoms with Gasteiger partial charge in [0.15, 0.2) is 5.78 Å². The SMILES string of the molecule is CC(C)(O)CCC(O)C1(O)CCC2(O)C3=CC(=O)C4CC(O)C(O)CC4(C)C3CCC21C. The molecule has 3 fully saturated rings. The van der Waals surface area contributed by atoms with Gasteiger partial charge in [-0.25, -0.2) is 0 Å². The molecule has 4 rings (SSSR count). The van der Waals surface area contributed by atoms with Gasteiger partial charge in [0.05, 0.1) is 35.1 Å². The van der Waals surface area contributed by atoms with Gasteiger partial charge in [-0.2, -0.15) is 0 Å². The van der Waals surface area contributed by atoms with Crippen molar-refractivity contribution < 1.29 is 35.4 Å². The lowest BCUT2D eigenvalue weighted by Crippen LogP contribution is -2.65. The van der Waals surface area contributed by atoms with E-state index in [-0.39, 0.29) is 43.8 Å². The predicted octanol–water partition coefficient (Wildman–Crippen LogP) is 1.22. The third kappa shape index (κ3) is 3.19. The average molecular weight is 453 g/mol. The molecule has 0 bridgehead atoms. The molecule has 0 amide bonds. The lowest BCUT2D eigenvalue weighted by Gasteiger charge is -2.61. The molecule has 9 unspecified atom stereocenters. The summed E-state index contributed by atoms with van der Waals surface area (Å²) in [7, 11) is 0. The second kappa shape index (κ2) is 7.33. The van der Waals surface area contributed by atoms with E-state index >= 15 is 0 Å². The van der Waals surface area contributed by atoms with Crippen LogP contribution in [0.2, 0.25) is 0 Å². The van der Waals surface area contributed by atoms with Gasteiger partial charge in [0.1, 0.15) is 0 Å². The maximum atomic E-state index is 13.2. The van der Waals surface area contributed by atoms with Crippen LogP contribution in [0.3, 0.4) is 0 Å². The fraction of sp³-hybridized carbons (Fsp3) is 0.880. The number of hydrogen-bond donors (Lipinski definition) is 6. The third-order valence-corrected chi connectivity index (χ3v) is 9.91. The summed E-state index contributed by atoms with van der Waals surface area (Å²) in [5, 5.41) is 65.5. The highest BCUT2D eigenvalue weighted by atomic mass is 16.4. The molecule has 4 aliphatic rings. The first-order valence-corrected chi connectivity index (χ1v) is 12.1. The zero-order chi connectivity index (χ0) is 23.9. The molecule has 0 aromatic carbocycles.